The number of furan rings is 1. The van der Waals surface area contributed by atoms with Crippen LogP contribution >= 0.6 is 15.9 Å². The van der Waals surface area contributed by atoms with Crippen molar-refractivity contribution >= 4 is 34.2 Å². The minimum absolute atomic E-state index is 0.0529. The van der Waals surface area contributed by atoms with E-state index in [0.29, 0.717) is 23.9 Å². The molecule has 8 nitrogen and oxygen atoms in total. The number of benzene rings is 1. The van der Waals surface area contributed by atoms with Crippen molar-refractivity contribution in [2.75, 3.05) is 6.67 Å². The molecule has 0 bridgehead atoms. The molecule has 3 amide bonds. The molecule has 9 heteroatoms. The molecule has 2 atom stereocenters. The Morgan fingerprint density at radius 3 is 2.48 bits per heavy atom. The first-order valence-corrected chi connectivity index (χ1v) is 12.0. The number of nitrogens with zero attached hydrogens (tertiary/aromatic N) is 1. The van der Waals surface area contributed by atoms with Gasteiger partial charge in [0, 0.05) is 0 Å². The zero-order valence-corrected chi connectivity index (χ0v) is 20.7. The van der Waals surface area contributed by atoms with Gasteiger partial charge >= 0.3 is 0 Å². The van der Waals surface area contributed by atoms with E-state index in [9.17, 15) is 14.4 Å². The molecule has 0 aliphatic heterocycles. The number of hydrogen-bond acceptors (Lipinski definition) is 5. The van der Waals surface area contributed by atoms with E-state index in [4.69, 9.17) is 9.25 Å². The zero-order chi connectivity index (χ0) is 24.1. The average Bonchev–Trinajstić information content (AvgIpc) is 3.27. The van der Waals surface area contributed by atoms with E-state index in [1.807, 2.05) is 37.3 Å². The predicted octanol–water partition coefficient (Wildman–Crippen LogP) is 4.41. The van der Waals surface area contributed by atoms with E-state index in [0.717, 1.165) is 24.8 Å². The summed E-state index contributed by atoms with van der Waals surface area (Å²) in [6.45, 7) is 4.19. The van der Waals surface area contributed by atoms with E-state index >= 15 is 0 Å². The van der Waals surface area contributed by atoms with Gasteiger partial charge in [-0.2, -0.15) is 0 Å². The normalized spacial score (nSPS) is 12.6. The first kappa shape index (κ1) is 26.6. The minimum Gasteiger partial charge on any atom is -0.444 e. The molecule has 0 saturated heterocycles. The Hall–Kier alpha value is -2.65. The van der Waals surface area contributed by atoms with E-state index < -0.39 is 17.9 Å². The van der Waals surface area contributed by atoms with Gasteiger partial charge in [0.1, 0.15) is 6.61 Å². The van der Waals surface area contributed by atoms with Gasteiger partial charge in [-0.3, -0.25) is 19.2 Å². The van der Waals surface area contributed by atoms with Crippen LogP contribution in [-0.4, -0.2) is 36.0 Å². The molecule has 180 valence electrons. The Kier molecular flexibility index (Phi) is 11.7. The van der Waals surface area contributed by atoms with Crippen LogP contribution < -0.4 is 10.6 Å². The Labute approximate surface area is 203 Å². The fourth-order valence-electron chi connectivity index (χ4n) is 3.55. The minimum atomic E-state index is -0.475. The number of carbonyl (C=O) groups is 3. The van der Waals surface area contributed by atoms with Crippen molar-refractivity contribution < 1.29 is 23.6 Å². The fraction of sp³-hybridized carbons (Fsp3) is 0.458. The number of halogens is 1. The summed E-state index contributed by atoms with van der Waals surface area (Å²) in [5, 5.41) is 6.63. The summed E-state index contributed by atoms with van der Waals surface area (Å²) in [5.41, 5.74) is 0.929. The molecule has 0 radical (unpaired) electrons. The maximum atomic E-state index is 13.1. The zero-order valence-electron chi connectivity index (χ0n) is 19.1. The van der Waals surface area contributed by atoms with Gasteiger partial charge in [-0.1, -0.05) is 63.4 Å². The van der Waals surface area contributed by atoms with Gasteiger partial charge in [-0.25, -0.2) is 5.06 Å². The summed E-state index contributed by atoms with van der Waals surface area (Å²) in [6.07, 6.45) is 4.63. The first-order chi connectivity index (χ1) is 16.0. The van der Waals surface area contributed by atoms with Gasteiger partial charge < -0.3 is 15.1 Å². The van der Waals surface area contributed by atoms with Crippen molar-refractivity contribution in [2.24, 2.45) is 5.92 Å². The van der Waals surface area contributed by atoms with Crippen LogP contribution in [0.4, 0.5) is 0 Å². The summed E-state index contributed by atoms with van der Waals surface area (Å²) in [6, 6.07) is 12.3. The number of unbranched alkanes of at least 4 members (excludes halogenated alkanes) is 2. The highest BCUT2D eigenvalue weighted by Crippen LogP contribution is 2.22. The van der Waals surface area contributed by atoms with Gasteiger partial charge in [-0.15, -0.1) is 0 Å². The van der Waals surface area contributed by atoms with Gasteiger partial charge in [0.15, 0.2) is 10.4 Å². The topological polar surface area (TPSA) is 101 Å². The molecule has 0 saturated carbocycles. The number of nitrogens with one attached hydrogen (secondary N) is 2. The molecule has 2 rings (SSSR count). The third kappa shape index (κ3) is 8.66. The molecule has 1 aromatic heterocycles. The lowest BCUT2D eigenvalue weighted by molar-refractivity contribution is -0.200. The molecule has 0 spiro atoms. The van der Waals surface area contributed by atoms with E-state index in [1.54, 1.807) is 6.07 Å². The van der Waals surface area contributed by atoms with Crippen LogP contribution in [0.1, 0.15) is 62.1 Å². The van der Waals surface area contributed by atoms with E-state index in [1.165, 1.54) is 11.1 Å². The second-order valence-corrected chi connectivity index (χ2v) is 8.41. The van der Waals surface area contributed by atoms with Crippen molar-refractivity contribution in [3.05, 3.63) is 58.5 Å². The Morgan fingerprint density at radius 1 is 1.12 bits per heavy atom. The van der Waals surface area contributed by atoms with Gasteiger partial charge in [0.2, 0.25) is 12.3 Å². The molecule has 0 aliphatic carbocycles. The average molecular weight is 522 g/mol. The van der Waals surface area contributed by atoms with Crippen LogP contribution in [-0.2, 0) is 21.0 Å². The van der Waals surface area contributed by atoms with Crippen molar-refractivity contribution in [3.63, 3.8) is 0 Å². The van der Waals surface area contributed by atoms with E-state index in [2.05, 4.69) is 33.5 Å². The first-order valence-electron chi connectivity index (χ1n) is 11.2. The number of rotatable bonds is 15. The lowest BCUT2D eigenvalue weighted by Gasteiger charge is -2.32. The molecule has 0 unspecified atom stereocenters. The third-order valence-corrected chi connectivity index (χ3v) is 5.73. The van der Waals surface area contributed by atoms with E-state index in [-0.39, 0.29) is 24.9 Å². The Bertz CT molecular complexity index is 874. The van der Waals surface area contributed by atoms with Crippen molar-refractivity contribution in [3.8, 4) is 0 Å². The quantitative estimate of drug-likeness (QED) is 0.156. The van der Waals surface area contributed by atoms with Crippen LogP contribution in [0.5, 0.6) is 0 Å². The molecule has 1 aromatic carbocycles. The maximum Gasteiger partial charge on any atom is 0.288 e. The van der Waals surface area contributed by atoms with Gasteiger partial charge in [0.05, 0.1) is 18.6 Å². The van der Waals surface area contributed by atoms with Crippen molar-refractivity contribution in [2.45, 2.75) is 58.6 Å². The second kappa shape index (κ2) is 14.5. The molecule has 0 fully saturated rings. The highest BCUT2D eigenvalue weighted by molar-refractivity contribution is 9.10. The number of carbonyl (C=O) groups excluding carboxylic acids is 3. The predicted molar refractivity (Wildman–Crippen MR) is 128 cm³/mol. The maximum absolute atomic E-state index is 13.1. The van der Waals surface area contributed by atoms with Crippen LogP contribution in [0.25, 0.3) is 0 Å². The van der Waals surface area contributed by atoms with Crippen LogP contribution in [0.2, 0.25) is 0 Å². The van der Waals surface area contributed by atoms with Gasteiger partial charge in [0.25, 0.3) is 5.91 Å². The van der Waals surface area contributed by atoms with Crippen molar-refractivity contribution in [1.82, 2.24) is 15.7 Å². The molecular formula is C24H32BrN3O5. The summed E-state index contributed by atoms with van der Waals surface area (Å²) in [7, 11) is 0. The standard InChI is InChI=1S/C24H32BrN3O5/c1-3-5-7-12-19(23(30)26-16-27-24(31)21-13-14-22(25)33-21)20(4-2)28(17-29)32-15-18-10-8-6-9-11-18/h6,8-11,13-14,17,19-20H,3-5,7,12,15-16H2,1-2H3,(H,26,30)(H,27,31)/t19-,20-/m1/s1. The lowest BCUT2D eigenvalue weighted by atomic mass is 9.90. The summed E-state index contributed by atoms with van der Waals surface area (Å²) in [5.74, 6) is -1.01. The second-order valence-electron chi connectivity index (χ2n) is 7.63. The highest BCUT2D eigenvalue weighted by atomic mass is 79.9. The largest absolute Gasteiger partial charge is 0.444 e. The molecule has 1 heterocycles. The molecule has 2 N–H and O–H groups in total. The summed E-state index contributed by atoms with van der Waals surface area (Å²) >= 11 is 3.15. The monoisotopic (exact) mass is 521 g/mol. The number of amides is 3. The molecule has 2 aromatic rings. The summed E-state index contributed by atoms with van der Waals surface area (Å²) < 4.78 is 5.66. The van der Waals surface area contributed by atoms with Crippen LogP contribution in [0.3, 0.4) is 0 Å². The SMILES string of the molecule is CCCCC[C@@H](C(=O)NCNC(=O)c1ccc(Br)o1)[C@@H](CC)N(C=O)OCc1ccccc1. The highest BCUT2D eigenvalue weighted by Gasteiger charge is 2.32. The van der Waals surface area contributed by atoms with Crippen LogP contribution in [0.15, 0.2) is 51.6 Å². The van der Waals surface area contributed by atoms with Crippen molar-refractivity contribution in [1.29, 1.82) is 0 Å². The fourth-order valence-corrected chi connectivity index (χ4v) is 3.85. The smallest absolute Gasteiger partial charge is 0.288 e. The molecular weight excluding hydrogens is 490 g/mol. The number of hydrogen-bond donors (Lipinski definition) is 2. The lowest BCUT2D eigenvalue weighted by Crippen LogP contribution is -2.48. The number of hydroxylamine groups is 2. The molecule has 0 aliphatic rings. The van der Waals surface area contributed by atoms with Crippen LogP contribution in [0, 0.1) is 5.92 Å². The third-order valence-electron chi connectivity index (χ3n) is 5.30. The van der Waals surface area contributed by atoms with Gasteiger partial charge in [-0.05, 0) is 46.5 Å². The molecule has 33 heavy (non-hydrogen) atoms. The summed E-state index contributed by atoms with van der Waals surface area (Å²) in [4.78, 5) is 42.8. The Morgan fingerprint density at radius 2 is 1.88 bits per heavy atom. The Balaban J connectivity index is 2.00.